The molecule has 0 heterocycles. The molecule has 0 aromatic rings. The van der Waals surface area contributed by atoms with Crippen molar-refractivity contribution in [1.82, 2.24) is 4.90 Å². The van der Waals surface area contributed by atoms with Crippen molar-refractivity contribution in [2.24, 2.45) is 11.7 Å². The van der Waals surface area contributed by atoms with Crippen LogP contribution in [0.25, 0.3) is 0 Å². The molecule has 0 bridgehead atoms. The van der Waals surface area contributed by atoms with Crippen molar-refractivity contribution in [2.75, 3.05) is 13.1 Å². The van der Waals surface area contributed by atoms with Gasteiger partial charge < -0.3 is 10.6 Å². The van der Waals surface area contributed by atoms with E-state index < -0.39 is 5.54 Å². The van der Waals surface area contributed by atoms with Crippen LogP contribution in [0.15, 0.2) is 0 Å². The van der Waals surface area contributed by atoms with E-state index in [0.29, 0.717) is 0 Å². The molecule has 16 heavy (non-hydrogen) atoms. The fraction of sp³-hybridized carbons (Fsp3) is 0.923. The molecule has 2 fully saturated rings. The van der Waals surface area contributed by atoms with Gasteiger partial charge >= 0.3 is 0 Å². The average molecular weight is 221 g/mol. The fourth-order valence-electron chi connectivity index (χ4n) is 2.20. The lowest BCUT2D eigenvalue weighted by molar-refractivity contribution is 0.242. The minimum atomic E-state index is -0.630. The maximum atomic E-state index is 8.85. The number of hydrogen-bond acceptors (Lipinski definition) is 3. The Labute approximate surface area is 98.6 Å². The maximum absolute atomic E-state index is 8.85. The van der Waals surface area contributed by atoms with Crippen LogP contribution in [0.1, 0.15) is 45.4 Å². The van der Waals surface area contributed by atoms with Crippen LogP contribution in [-0.4, -0.2) is 29.6 Å². The zero-order valence-electron chi connectivity index (χ0n) is 10.3. The Morgan fingerprint density at radius 3 is 2.56 bits per heavy atom. The Morgan fingerprint density at radius 1 is 1.38 bits per heavy atom. The van der Waals surface area contributed by atoms with Crippen LogP contribution in [0, 0.1) is 17.2 Å². The lowest BCUT2D eigenvalue weighted by atomic mass is 9.99. The highest BCUT2D eigenvalue weighted by Crippen LogP contribution is 2.34. The van der Waals surface area contributed by atoms with Gasteiger partial charge in [-0.1, -0.05) is 0 Å². The molecule has 2 aliphatic carbocycles. The molecule has 0 aliphatic heterocycles. The van der Waals surface area contributed by atoms with Gasteiger partial charge in [0.05, 0.1) is 6.07 Å². The van der Waals surface area contributed by atoms with E-state index in [4.69, 9.17) is 11.0 Å². The third kappa shape index (κ3) is 3.77. The zero-order valence-corrected chi connectivity index (χ0v) is 10.3. The predicted octanol–water partition coefficient (Wildman–Crippen LogP) is 1.88. The SMILES string of the molecule is CC(N)(C#N)CCCN(CC1CC1)C1CC1. The molecular weight excluding hydrogens is 198 g/mol. The summed E-state index contributed by atoms with van der Waals surface area (Å²) < 4.78 is 0. The summed E-state index contributed by atoms with van der Waals surface area (Å²) in [6, 6.07) is 3.03. The van der Waals surface area contributed by atoms with Gasteiger partial charge in [-0.3, -0.25) is 0 Å². The van der Waals surface area contributed by atoms with Gasteiger partial charge in [0, 0.05) is 12.6 Å². The van der Waals surface area contributed by atoms with Crippen LogP contribution in [0.5, 0.6) is 0 Å². The van der Waals surface area contributed by atoms with Crippen LogP contribution in [0.2, 0.25) is 0 Å². The molecular formula is C13H23N3. The molecule has 0 saturated heterocycles. The molecule has 0 spiro atoms. The van der Waals surface area contributed by atoms with Crippen molar-refractivity contribution in [3.8, 4) is 6.07 Å². The van der Waals surface area contributed by atoms with Gasteiger partial charge in [-0.25, -0.2) is 0 Å². The van der Waals surface area contributed by atoms with Crippen LogP contribution in [-0.2, 0) is 0 Å². The third-order valence-corrected chi connectivity index (χ3v) is 3.65. The zero-order chi connectivity index (χ0) is 11.6. The largest absolute Gasteiger partial charge is 0.314 e. The Bertz CT molecular complexity index is 271. The van der Waals surface area contributed by atoms with E-state index in [1.165, 1.54) is 32.2 Å². The van der Waals surface area contributed by atoms with Gasteiger partial charge in [-0.05, 0) is 57.9 Å². The first-order valence-corrected chi connectivity index (χ1v) is 6.55. The third-order valence-electron chi connectivity index (χ3n) is 3.65. The molecule has 0 aromatic carbocycles. The van der Waals surface area contributed by atoms with E-state index in [9.17, 15) is 0 Å². The van der Waals surface area contributed by atoms with Gasteiger partial charge in [0.25, 0.3) is 0 Å². The Balaban J connectivity index is 1.67. The summed E-state index contributed by atoms with van der Waals surface area (Å²) >= 11 is 0. The van der Waals surface area contributed by atoms with Crippen molar-refractivity contribution < 1.29 is 0 Å². The first-order valence-electron chi connectivity index (χ1n) is 6.55. The highest BCUT2D eigenvalue weighted by molar-refractivity contribution is 5.00. The summed E-state index contributed by atoms with van der Waals surface area (Å²) in [4.78, 5) is 2.63. The molecule has 1 atom stereocenters. The summed E-state index contributed by atoms with van der Waals surface area (Å²) in [6.07, 6.45) is 7.49. The second kappa shape index (κ2) is 4.73. The van der Waals surface area contributed by atoms with Crippen molar-refractivity contribution in [3.63, 3.8) is 0 Å². The van der Waals surface area contributed by atoms with E-state index in [1.54, 1.807) is 0 Å². The second-order valence-electron chi connectivity index (χ2n) is 5.80. The molecule has 0 amide bonds. The van der Waals surface area contributed by atoms with Crippen LogP contribution < -0.4 is 5.73 Å². The summed E-state index contributed by atoms with van der Waals surface area (Å²) in [5.74, 6) is 0.973. The van der Waals surface area contributed by atoms with Gasteiger partial charge in [0.1, 0.15) is 5.54 Å². The molecule has 3 nitrogen and oxygen atoms in total. The van der Waals surface area contributed by atoms with Crippen LogP contribution in [0.3, 0.4) is 0 Å². The monoisotopic (exact) mass is 221 g/mol. The molecule has 2 N–H and O–H groups in total. The molecule has 2 aliphatic rings. The lowest BCUT2D eigenvalue weighted by Gasteiger charge is -2.23. The van der Waals surface area contributed by atoms with Crippen LogP contribution >= 0.6 is 0 Å². The average Bonchev–Trinajstić information content (AvgIpc) is 3.09. The highest BCUT2D eigenvalue weighted by atomic mass is 15.2. The van der Waals surface area contributed by atoms with Crippen molar-refractivity contribution in [3.05, 3.63) is 0 Å². The quantitative estimate of drug-likeness (QED) is 0.714. The number of rotatable bonds is 7. The predicted molar refractivity (Wildman–Crippen MR) is 64.8 cm³/mol. The molecule has 2 rings (SSSR count). The molecule has 0 radical (unpaired) electrons. The Hall–Kier alpha value is -0.590. The highest BCUT2D eigenvalue weighted by Gasteiger charge is 2.33. The standard InChI is InChI=1S/C13H23N3/c1-13(15,10-14)7-2-8-16(12-5-6-12)9-11-3-4-11/h11-12H,2-9,15H2,1H3. The van der Waals surface area contributed by atoms with E-state index in [0.717, 1.165) is 31.3 Å². The maximum Gasteiger partial charge on any atom is 0.101 e. The summed E-state index contributed by atoms with van der Waals surface area (Å²) in [7, 11) is 0. The summed E-state index contributed by atoms with van der Waals surface area (Å²) in [5.41, 5.74) is 5.20. The van der Waals surface area contributed by atoms with E-state index in [1.807, 2.05) is 6.92 Å². The van der Waals surface area contributed by atoms with Crippen molar-refractivity contribution in [2.45, 2.75) is 57.0 Å². The fourth-order valence-corrected chi connectivity index (χ4v) is 2.20. The molecule has 1 unspecified atom stereocenters. The number of hydrogen-bond donors (Lipinski definition) is 1. The first kappa shape index (κ1) is 11.9. The molecule has 3 heteroatoms. The summed E-state index contributed by atoms with van der Waals surface area (Å²) in [6.45, 7) is 4.25. The molecule has 2 saturated carbocycles. The minimum Gasteiger partial charge on any atom is -0.314 e. The van der Waals surface area contributed by atoms with Crippen molar-refractivity contribution in [1.29, 1.82) is 5.26 Å². The second-order valence-corrected chi connectivity index (χ2v) is 5.80. The van der Waals surface area contributed by atoms with Gasteiger partial charge in [0.15, 0.2) is 0 Å². The topological polar surface area (TPSA) is 53.1 Å². The van der Waals surface area contributed by atoms with Gasteiger partial charge in [0.2, 0.25) is 0 Å². The van der Waals surface area contributed by atoms with Gasteiger partial charge in [-0.2, -0.15) is 5.26 Å². The van der Waals surface area contributed by atoms with Crippen molar-refractivity contribution >= 4 is 0 Å². The number of nitrogens with two attached hydrogens (primary N) is 1. The van der Waals surface area contributed by atoms with E-state index in [-0.39, 0.29) is 0 Å². The smallest absolute Gasteiger partial charge is 0.101 e. The van der Waals surface area contributed by atoms with Crippen LogP contribution in [0.4, 0.5) is 0 Å². The molecule has 0 aromatic heterocycles. The number of nitriles is 1. The van der Waals surface area contributed by atoms with E-state index in [2.05, 4.69) is 11.0 Å². The van der Waals surface area contributed by atoms with E-state index >= 15 is 0 Å². The normalized spacial score (nSPS) is 24.1. The lowest BCUT2D eigenvalue weighted by Crippen LogP contribution is -2.36. The Morgan fingerprint density at radius 2 is 2.06 bits per heavy atom. The Kier molecular flexibility index (Phi) is 3.51. The number of nitrogens with zero attached hydrogens (tertiary/aromatic N) is 2. The minimum absolute atomic E-state index is 0.630. The molecule has 90 valence electrons. The van der Waals surface area contributed by atoms with Gasteiger partial charge in [-0.15, -0.1) is 0 Å². The first-order chi connectivity index (χ1) is 7.61. The summed E-state index contributed by atoms with van der Waals surface area (Å²) in [5, 5.41) is 8.85.